The van der Waals surface area contributed by atoms with E-state index in [1.807, 2.05) is 38.2 Å². The van der Waals surface area contributed by atoms with Crippen molar-refractivity contribution in [2.24, 2.45) is 0 Å². The van der Waals surface area contributed by atoms with Crippen LogP contribution in [0.3, 0.4) is 0 Å². The maximum Gasteiger partial charge on any atom is 0.390 e. The van der Waals surface area contributed by atoms with Gasteiger partial charge in [-0.1, -0.05) is 24.3 Å². The van der Waals surface area contributed by atoms with Crippen LogP contribution >= 0.6 is 0 Å². The number of rotatable bonds is 6. The van der Waals surface area contributed by atoms with E-state index in [2.05, 4.69) is 5.32 Å². The van der Waals surface area contributed by atoms with Gasteiger partial charge in [-0.2, -0.15) is 13.2 Å². The van der Waals surface area contributed by atoms with Gasteiger partial charge in [0, 0.05) is 19.1 Å². The Balaban J connectivity index is 2.60. The summed E-state index contributed by atoms with van der Waals surface area (Å²) in [5, 5.41) is 3.16. The second kappa shape index (κ2) is 6.91. The Morgan fingerprint density at radius 2 is 1.89 bits per heavy atom. The van der Waals surface area contributed by atoms with Crippen LogP contribution in [0.1, 0.15) is 23.6 Å². The first kappa shape index (κ1) is 16.0. The Kier molecular flexibility index (Phi) is 5.82. The molecule has 1 aromatic carbocycles. The largest absolute Gasteiger partial charge is 0.390 e. The summed E-state index contributed by atoms with van der Waals surface area (Å²) in [5.41, 5.74) is 2.27. The molecule has 0 amide bonds. The predicted molar refractivity (Wildman–Crippen MR) is 71.1 cm³/mol. The van der Waals surface area contributed by atoms with Crippen LogP contribution in [0.2, 0.25) is 0 Å². The van der Waals surface area contributed by atoms with Gasteiger partial charge in [-0.15, -0.1) is 0 Å². The molecule has 19 heavy (non-hydrogen) atoms. The minimum atomic E-state index is -4.09. The van der Waals surface area contributed by atoms with Crippen molar-refractivity contribution in [3.8, 4) is 0 Å². The summed E-state index contributed by atoms with van der Waals surface area (Å²) in [4.78, 5) is 1.71. The molecule has 0 aliphatic carbocycles. The molecule has 1 aromatic rings. The van der Waals surface area contributed by atoms with Crippen molar-refractivity contribution in [1.82, 2.24) is 10.2 Å². The van der Waals surface area contributed by atoms with Gasteiger partial charge >= 0.3 is 6.18 Å². The average molecular weight is 274 g/mol. The molecular formula is C14H21F3N2. The van der Waals surface area contributed by atoms with E-state index in [9.17, 15) is 13.2 Å². The number of likely N-dealkylation sites (N-methyl/N-ethyl adjacent to an activating group) is 2. The van der Waals surface area contributed by atoms with E-state index in [4.69, 9.17) is 0 Å². The number of benzene rings is 1. The molecule has 1 atom stereocenters. The van der Waals surface area contributed by atoms with Gasteiger partial charge in [-0.3, -0.25) is 0 Å². The number of hydrogen-bond acceptors (Lipinski definition) is 2. The van der Waals surface area contributed by atoms with Crippen LogP contribution in [0.15, 0.2) is 24.3 Å². The zero-order valence-corrected chi connectivity index (χ0v) is 11.6. The van der Waals surface area contributed by atoms with Crippen molar-refractivity contribution in [2.45, 2.75) is 25.6 Å². The monoisotopic (exact) mass is 274 g/mol. The Labute approximate surface area is 112 Å². The summed E-state index contributed by atoms with van der Waals surface area (Å²) in [5.74, 6) is 0. The first-order valence-corrected chi connectivity index (χ1v) is 6.31. The molecular weight excluding hydrogens is 253 g/mol. The Hall–Kier alpha value is -1.07. The summed E-state index contributed by atoms with van der Waals surface area (Å²) >= 11 is 0. The van der Waals surface area contributed by atoms with Crippen LogP contribution < -0.4 is 5.32 Å². The fourth-order valence-electron chi connectivity index (χ4n) is 2.04. The van der Waals surface area contributed by atoms with E-state index < -0.39 is 12.6 Å². The van der Waals surface area contributed by atoms with Gasteiger partial charge in [0.1, 0.15) is 0 Å². The van der Waals surface area contributed by atoms with Crippen LogP contribution in [-0.4, -0.2) is 38.3 Å². The van der Waals surface area contributed by atoms with E-state index in [1.165, 1.54) is 0 Å². The molecule has 0 heterocycles. The fraction of sp³-hybridized carbons (Fsp3) is 0.571. The third-order valence-corrected chi connectivity index (χ3v) is 3.18. The van der Waals surface area contributed by atoms with Gasteiger partial charge in [-0.05, 0) is 32.1 Å². The lowest BCUT2D eigenvalue weighted by molar-refractivity contribution is -0.137. The molecule has 1 N–H and O–H groups in total. The molecule has 0 aromatic heterocycles. The standard InChI is InChI=1S/C14H21F3N2/c1-11-6-4-5-7-12(11)13(18-2)10-19(3)9-8-14(15,16)17/h4-7,13,18H,8-10H2,1-3H3. The number of alkyl halides is 3. The van der Waals surface area contributed by atoms with Crippen LogP contribution in [0, 0.1) is 6.92 Å². The second-order valence-electron chi connectivity index (χ2n) is 4.83. The molecule has 0 bridgehead atoms. The van der Waals surface area contributed by atoms with Gasteiger partial charge in [-0.25, -0.2) is 0 Å². The number of halogens is 3. The molecule has 0 fully saturated rings. The predicted octanol–water partition coefficient (Wildman–Crippen LogP) is 3.14. The number of nitrogens with one attached hydrogen (secondary N) is 1. The summed E-state index contributed by atoms with van der Waals surface area (Å²) in [7, 11) is 3.54. The lowest BCUT2D eigenvalue weighted by Gasteiger charge is -2.25. The highest BCUT2D eigenvalue weighted by molar-refractivity contribution is 5.28. The highest BCUT2D eigenvalue weighted by Crippen LogP contribution is 2.21. The third-order valence-electron chi connectivity index (χ3n) is 3.18. The van der Waals surface area contributed by atoms with Crippen molar-refractivity contribution in [3.63, 3.8) is 0 Å². The highest BCUT2D eigenvalue weighted by atomic mass is 19.4. The normalized spacial score (nSPS) is 13.8. The van der Waals surface area contributed by atoms with Crippen molar-refractivity contribution >= 4 is 0 Å². The molecule has 2 nitrogen and oxygen atoms in total. The maximum atomic E-state index is 12.2. The first-order valence-electron chi connectivity index (χ1n) is 6.31. The van der Waals surface area contributed by atoms with Crippen molar-refractivity contribution in [3.05, 3.63) is 35.4 Å². The Morgan fingerprint density at radius 3 is 2.42 bits per heavy atom. The third kappa shape index (κ3) is 5.61. The maximum absolute atomic E-state index is 12.2. The topological polar surface area (TPSA) is 15.3 Å². The first-order chi connectivity index (χ1) is 8.83. The van der Waals surface area contributed by atoms with Crippen molar-refractivity contribution < 1.29 is 13.2 Å². The van der Waals surface area contributed by atoms with Crippen molar-refractivity contribution in [2.75, 3.05) is 27.2 Å². The molecule has 1 rings (SSSR count). The van der Waals surface area contributed by atoms with E-state index in [0.717, 1.165) is 11.1 Å². The summed E-state index contributed by atoms with van der Waals surface area (Å²) in [6.07, 6.45) is -4.86. The van der Waals surface area contributed by atoms with E-state index >= 15 is 0 Å². The second-order valence-corrected chi connectivity index (χ2v) is 4.83. The van der Waals surface area contributed by atoms with Crippen LogP contribution in [0.5, 0.6) is 0 Å². The van der Waals surface area contributed by atoms with Gasteiger partial charge in [0.25, 0.3) is 0 Å². The molecule has 0 aliphatic heterocycles. The average Bonchev–Trinajstić information content (AvgIpc) is 2.33. The van der Waals surface area contributed by atoms with Crippen LogP contribution in [-0.2, 0) is 0 Å². The van der Waals surface area contributed by atoms with Crippen molar-refractivity contribution in [1.29, 1.82) is 0 Å². The molecule has 0 radical (unpaired) electrons. The minimum Gasteiger partial charge on any atom is -0.312 e. The summed E-state index contributed by atoms with van der Waals surface area (Å²) < 4.78 is 36.5. The van der Waals surface area contributed by atoms with Gasteiger partial charge < -0.3 is 10.2 Å². The van der Waals surface area contributed by atoms with Crippen LogP contribution in [0.4, 0.5) is 13.2 Å². The summed E-state index contributed by atoms with van der Waals surface area (Å²) in [6.45, 7) is 2.58. The molecule has 5 heteroatoms. The van der Waals surface area contributed by atoms with E-state index in [0.29, 0.717) is 6.54 Å². The summed E-state index contributed by atoms with van der Waals surface area (Å²) in [6, 6.07) is 7.96. The van der Waals surface area contributed by atoms with Gasteiger partial charge in [0.2, 0.25) is 0 Å². The quantitative estimate of drug-likeness (QED) is 0.857. The van der Waals surface area contributed by atoms with E-state index in [-0.39, 0.29) is 12.6 Å². The van der Waals surface area contributed by atoms with Gasteiger partial charge in [0.15, 0.2) is 0 Å². The lowest BCUT2D eigenvalue weighted by Crippen LogP contribution is -2.33. The number of hydrogen-bond donors (Lipinski definition) is 1. The lowest BCUT2D eigenvalue weighted by atomic mass is 10.0. The highest BCUT2D eigenvalue weighted by Gasteiger charge is 2.27. The SMILES string of the molecule is CNC(CN(C)CCC(F)(F)F)c1ccccc1C. The molecule has 0 spiro atoms. The molecule has 108 valence electrons. The minimum absolute atomic E-state index is 0.0214. The molecule has 1 unspecified atom stereocenters. The Morgan fingerprint density at radius 1 is 1.26 bits per heavy atom. The number of nitrogens with zero attached hydrogens (tertiary/aromatic N) is 1. The van der Waals surface area contributed by atoms with E-state index in [1.54, 1.807) is 11.9 Å². The number of aryl methyl sites for hydroxylation is 1. The smallest absolute Gasteiger partial charge is 0.312 e. The van der Waals surface area contributed by atoms with Gasteiger partial charge in [0.05, 0.1) is 6.42 Å². The molecule has 0 saturated heterocycles. The molecule has 0 saturated carbocycles. The zero-order chi connectivity index (χ0) is 14.5. The fourth-order valence-corrected chi connectivity index (χ4v) is 2.04. The van der Waals surface area contributed by atoms with Crippen LogP contribution in [0.25, 0.3) is 0 Å². The Bertz CT molecular complexity index is 391. The zero-order valence-electron chi connectivity index (χ0n) is 11.6. The molecule has 0 aliphatic rings.